The van der Waals surface area contributed by atoms with E-state index in [0.29, 0.717) is 24.8 Å². The number of rotatable bonds is 7. The van der Waals surface area contributed by atoms with Crippen LogP contribution in [0.3, 0.4) is 0 Å². The van der Waals surface area contributed by atoms with Gasteiger partial charge in [0, 0.05) is 25.3 Å². The molecule has 0 aromatic heterocycles. The summed E-state index contributed by atoms with van der Waals surface area (Å²) in [5.41, 5.74) is 0.649. The van der Waals surface area contributed by atoms with Crippen molar-refractivity contribution in [3.63, 3.8) is 0 Å². The summed E-state index contributed by atoms with van der Waals surface area (Å²) in [6, 6.07) is 6.97. The topological polar surface area (TPSA) is 49.8 Å². The first-order valence-corrected chi connectivity index (χ1v) is 6.26. The van der Waals surface area contributed by atoms with E-state index in [1.165, 1.54) is 12.8 Å². The van der Waals surface area contributed by atoms with E-state index in [-0.39, 0.29) is 11.5 Å². The predicted octanol–water partition coefficient (Wildman–Crippen LogP) is 1.69. The SMILES string of the molecule is COCCN(CC(=O)c1ccc(O)cc1)C1CC1. The molecule has 0 spiro atoms. The fourth-order valence-electron chi connectivity index (χ4n) is 1.96. The van der Waals surface area contributed by atoms with Crippen molar-refractivity contribution in [3.05, 3.63) is 29.8 Å². The van der Waals surface area contributed by atoms with Gasteiger partial charge in [-0.25, -0.2) is 0 Å². The lowest BCUT2D eigenvalue weighted by molar-refractivity contribution is 0.0886. The highest BCUT2D eigenvalue weighted by Gasteiger charge is 2.30. The third kappa shape index (κ3) is 3.55. The smallest absolute Gasteiger partial charge is 0.176 e. The van der Waals surface area contributed by atoms with Gasteiger partial charge < -0.3 is 9.84 Å². The fourth-order valence-corrected chi connectivity index (χ4v) is 1.96. The van der Waals surface area contributed by atoms with Crippen LogP contribution < -0.4 is 0 Å². The Labute approximate surface area is 107 Å². The largest absolute Gasteiger partial charge is 0.508 e. The van der Waals surface area contributed by atoms with E-state index < -0.39 is 0 Å². The molecule has 0 aliphatic heterocycles. The van der Waals surface area contributed by atoms with Crippen LogP contribution >= 0.6 is 0 Å². The van der Waals surface area contributed by atoms with E-state index in [1.54, 1.807) is 31.4 Å². The summed E-state index contributed by atoms with van der Waals surface area (Å²) in [6.45, 7) is 1.88. The first-order valence-electron chi connectivity index (χ1n) is 6.26. The summed E-state index contributed by atoms with van der Waals surface area (Å²) in [7, 11) is 1.67. The summed E-state index contributed by atoms with van der Waals surface area (Å²) in [5.74, 6) is 0.281. The Bertz CT molecular complexity index is 398. The minimum atomic E-state index is 0.0954. The highest BCUT2D eigenvalue weighted by atomic mass is 16.5. The number of aromatic hydroxyl groups is 1. The Kier molecular flexibility index (Phi) is 4.33. The van der Waals surface area contributed by atoms with Crippen molar-refractivity contribution in [2.24, 2.45) is 0 Å². The fraction of sp³-hybridized carbons (Fsp3) is 0.500. The van der Waals surface area contributed by atoms with Crippen LogP contribution in [-0.2, 0) is 4.74 Å². The number of methoxy groups -OCH3 is 1. The number of nitrogens with zero attached hydrogens (tertiary/aromatic N) is 1. The first kappa shape index (κ1) is 13.1. The van der Waals surface area contributed by atoms with Gasteiger partial charge in [0.05, 0.1) is 13.2 Å². The van der Waals surface area contributed by atoms with Crippen molar-refractivity contribution in [3.8, 4) is 5.75 Å². The first-order chi connectivity index (χ1) is 8.70. The third-order valence-corrected chi connectivity index (χ3v) is 3.18. The molecule has 2 rings (SSSR count). The second-order valence-corrected chi connectivity index (χ2v) is 4.66. The van der Waals surface area contributed by atoms with Crippen molar-refractivity contribution in [2.45, 2.75) is 18.9 Å². The number of phenolic OH excluding ortho intramolecular Hbond substituents is 1. The van der Waals surface area contributed by atoms with E-state index in [2.05, 4.69) is 4.90 Å². The average molecular weight is 249 g/mol. The van der Waals surface area contributed by atoms with Gasteiger partial charge in [0.15, 0.2) is 5.78 Å². The van der Waals surface area contributed by atoms with Gasteiger partial charge in [0.25, 0.3) is 0 Å². The number of carbonyl (C=O) groups is 1. The van der Waals surface area contributed by atoms with Gasteiger partial charge in [0.2, 0.25) is 0 Å². The van der Waals surface area contributed by atoms with Gasteiger partial charge in [-0.05, 0) is 37.1 Å². The zero-order valence-electron chi connectivity index (χ0n) is 10.6. The maximum atomic E-state index is 12.1. The van der Waals surface area contributed by atoms with Crippen molar-refractivity contribution in [2.75, 3.05) is 26.8 Å². The molecule has 4 nitrogen and oxygen atoms in total. The summed E-state index contributed by atoms with van der Waals surface area (Å²) in [6.07, 6.45) is 2.35. The summed E-state index contributed by atoms with van der Waals surface area (Å²) >= 11 is 0. The monoisotopic (exact) mass is 249 g/mol. The van der Waals surface area contributed by atoms with Crippen LogP contribution in [0.15, 0.2) is 24.3 Å². The van der Waals surface area contributed by atoms with Gasteiger partial charge in [-0.3, -0.25) is 9.69 Å². The van der Waals surface area contributed by atoms with Crippen LogP contribution in [0.2, 0.25) is 0 Å². The second-order valence-electron chi connectivity index (χ2n) is 4.66. The van der Waals surface area contributed by atoms with Gasteiger partial charge >= 0.3 is 0 Å². The van der Waals surface area contributed by atoms with E-state index in [1.807, 2.05) is 0 Å². The van der Waals surface area contributed by atoms with Gasteiger partial charge in [0.1, 0.15) is 5.75 Å². The molecule has 98 valence electrons. The number of benzene rings is 1. The van der Waals surface area contributed by atoms with Crippen molar-refractivity contribution in [1.82, 2.24) is 4.90 Å². The number of Topliss-reactive ketones (excluding diaryl/α,β-unsaturated/α-hetero) is 1. The molecule has 1 aromatic carbocycles. The van der Waals surface area contributed by atoms with E-state index >= 15 is 0 Å². The van der Waals surface area contributed by atoms with Gasteiger partial charge in [-0.1, -0.05) is 0 Å². The summed E-state index contributed by atoms with van der Waals surface area (Å²) < 4.78 is 5.07. The lowest BCUT2D eigenvalue weighted by Gasteiger charge is -2.20. The molecule has 1 aromatic rings. The molecule has 0 saturated heterocycles. The lowest BCUT2D eigenvalue weighted by atomic mass is 10.1. The zero-order valence-corrected chi connectivity index (χ0v) is 10.6. The maximum absolute atomic E-state index is 12.1. The maximum Gasteiger partial charge on any atom is 0.176 e. The Morgan fingerprint density at radius 3 is 2.61 bits per heavy atom. The second kappa shape index (κ2) is 5.98. The molecule has 1 N–H and O–H groups in total. The molecule has 0 amide bonds. The standard InChI is InChI=1S/C14H19NO3/c1-18-9-8-15(12-4-5-12)10-14(17)11-2-6-13(16)7-3-11/h2-3,6-7,12,16H,4-5,8-10H2,1H3. The molecule has 1 aliphatic rings. The van der Waals surface area contributed by atoms with Gasteiger partial charge in [-0.15, -0.1) is 0 Å². The number of ketones is 1. The number of hydrogen-bond donors (Lipinski definition) is 1. The quantitative estimate of drug-likeness (QED) is 0.747. The van der Waals surface area contributed by atoms with Crippen LogP contribution in [0.4, 0.5) is 0 Å². The molecule has 18 heavy (non-hydrogen) atoms. The molecule has 0 atom stereocenters. The zero-order chi connectivity index (χ0) is 13.0. The Balaban J connectivity index is 1.93. The van der Waals surface area contributed by atoms with Crippen molar-refractivity contribution in [1.29, 1.82) is 0 Å². The van der Waals surface area contributed by atoms with Crippen LogP contribution in [0.5, 0.6) is 5.75 Å². The normalized spacial score (nSPS) is 15.0. The Morgan fingerprint density at radius 1 is 1.39 bits per heavy atom. The molecule has 0 unspecified atom stereocenters. The molecule has 4 heteroatoms. The highest BCUT2D eigenvalue weighted by molar-refractivity contribution is 5.97. The molecular weight excluding hydrogens is 230 g/mol. The average Bonchev–Trinajstić information content (AvgIpc) is 3.19. The van der Waals surface area contributed by atoms with Crippen LogP contribution in [0.25, 0.3) is 0 Å². The molecule has 0 radical (unpaired) electrons. The molecule has 1 aliphatic carbocycles. The number of hydrogen-bond acceptors (Lipinski definition) is 4. The van der Waals surface area contributed by atoms with Crippen molar-refractivity contribution >= 4 is 5.78 Å². The Hall–Kier alpha value is -1.39. The molecule has 1 saturated carbocycles. The van der Waals surface area contributed by atoms with Gasteiger partial charge in [-0.2, -0.15) is 0 Å². The van der Waals surface area contributed by atoms with Crippen molar-refractivity contribution < 1.29 is 14.6 Å². The number of phenols is 1. The summed E-state index contributed by atoms with van der Waals surface area (Å²) in [4.78, 5) is 14.3. The van der Waals surface area contributed by atoms with E-state index in [0.717, 1.165) is 6.54 Å². The van der Waals surface area contributed by atoms with E-state index in [9.17, 15) is 9.90 Å². The lowest BCUT2D eigenvalue weighted by Crippen LogP contribution is -2.34. The molecule has 1 fully saturated rings. The minimum absolute atomic E-state index is 0.0954. The van der Waals surface area contributed by atoms with Crippen LogP contribution in [0, 0.1) is 0 Å². The number of ether oxygens (including phenoxy) is 1. The number of carbonyl (C=O) groups excluding carboxylic acids is 1. The molecule has 0 bridgehead atoms. The minimum Gasteiger partial charge on any atom is -0.508 e. The van der Waals surface area contributed by atoms with Crippen LogP contribution in [0.1, 0.15) is 23.2 Å². The molecular formula is C14H19NO3. The predicted molar refractivity (Wildman–Crippen MR) is 68.9 cm³/mol. The van der Waals surface area contributed by atoms with Crippen LogP contribution in [-0.4, -0.2) is 48.6 Å². The highest BCUT2D eigenvalue weighted by Crippen LogP contribution is 2.26. The molecule has 0 heterocycles. The summed E-state index contributed by atoms with van der Waals surface area (Å²) in [5, 5.41) is 9.20. The third-order valence-electron chi connectivity index (χ3n) is 3.18. The Morgan fingerprint density at radius 2 is 2.06 bits per heavy atom. The van der Waals surface area contributed by atoms with E-state index in [4.69, 9.17) is 4.74 Å².